The Morgan fingerprint density at radius 1 is 1.26 bits per heavy atom. The van der Waals surface area contributed by atoms with Crippen LogP contribution in [0.1, 0.15) is 37.7 Å². The largest absolute Gasteiger partial charge is 0.464 e. The molecule has 0 spiro atoms. The maximum absolute atomic E-state index is 12.3. The lowest BCUT2D eigenvalue weighted by molar-refractivity contribution is -0.119. The van der Waals surface area contributed by atoms with E-state index in [1.54, 1.807) is 17.8 Å². The standard InChI is InChI=1S/C19H28N4O4/c1-11(2)7-12(3)21-13-8-14-16(22-15(24)10-26-5)17(19(25)27-6)23(4)18(14)20-9-13/h8-9,11-12,21H,7,10H2,1-6H3,(H,22,24)/t12-/m1/s1. The van der Waals surface area contributed by atoms with Crippen molar-refractivity contribution in [3.8, 4) is 0 Å². The van der Waals surface area contributed by atoms with Crippen LogP contribution in [0.3, 0.4) is 0 Å². The molecule has 0 radical (unpaired) electrons. The number of aromatic nitrogens is 2. The number of fused-ring (bicyclic) bond motifs is 1. The van der Waals surface area contributed by atoms with Crippen LogP contribution in [0.2, 0.25) is 0 Å². The molecule has 0 saturated heterocycles. The summed E-state index contributed by atoms with van der Waals surface area (Å²) in [7, 11) is 4.44. The van der Waals surface area contributed by atoms with E-state index in [2.05, 4.69) is 36.4 Å². The number of hydrogen-bond donors (Lipinski definition) is 2. The first-order valence-corrected chi connectivity index (χ1v) is 8.90. The molecule has 148 valence electrons. The summed E-state index contributed by atoms with van der Waals surface area (Å²) in [5.74, 6) is -0.344. The van der Waals surface area contributed by atoms with Crippen LogP contribution in [-0.2, 0) is 21.3 Å². The lowest BCUT2D eigenvalue weighted by Crippen LogP contribution is -2.20. The highest BCUT2D eigenvalue weighted by molar-refractivity contribution is 6.11. The Kier molecular flexibility index (Phi) is 6.79. The van der Waals surface area contributed by atoms with Gasteiger partial charge in [0.05, 0.1) is 24.7 Å². The summed E-state index contributed by atoms with van der Waals surface area (Å²) in [4.78, 5) is 28.8. The number of nitrogens with zero attached hydrogens (tertiary/aromatic N) is 2. The van der Waals surface area contributed by atoms with Crippen molar-refractivity contribution in [2.75, 3.05) is 31.5 Å². The highest BCUT2D eigenvalue weighted by Gasteiger charge is 2.24. The molecule has 8 heteroatoms. The van der Waals surface area contributed by atoms with Crippen LogP contribution < -0.4 is 10.6 Å². The van der Waals surface area contributed by atoms with Gasteiger partial charge in [0, 0.05) is 25.6 Å². The van der Waals surface area contributed by atoms with Gasteiger partial charge in [-0.25, -0.2) is 9.78 Å². The smallest absolute Gasteiger partial charge is 0.356 e. The van der Waals surface area contributed by atoms with Crippen LogP contribution in [0.15, 0.2) is 12.3 Å². The molecule has 0 bridgehead atoms. The van der Waals surface area contributed by atoms with Crippen LogP contribution >= 0.6 is 0 Å². The average Bonchev–Trinajstić information content (AvgIpc) is 2.85. The van der Waals surface area contributed by atoms with Gasteiger partial charge in [0.2, 0.25) is 5.91 Å². The molecule has 0 aromatic carbocycles. The Labute approximate surface area is 159 Å². The molecule has 0 aliphatic carbocycles. The molecule has 0 aliphatic heterocycles. The number of methoxy groups -OCH3 is 2. The molecule has 0 saturated carbocycles. The topological polar surface area (TPSA) is 94.5 Å². The predicted octanol–water partition coefficient (Wildman–Crippen LogP) is 2.79. The summed E-state index contributed by atoms with van der Waals surface area (Å²) in [5, 5.41) is 6.82. The van der Waals surface area contributed by atoms with Gasteiger partial charge in [-0.1, -0.05) is 13.8 Å². The van der Waals surface area contributed by atoms with Crippen LogP contribution in [0.5, 0.6) is 0 Å². The molecule has 2 heterocycles. The summed E-state index contributed by atoms with van der Waals surface area (Å²) < 4.78 is 11.4. The zero-order valence-corrected chi connectivity index (χ0v) is 16.8. The molecule has 8 nitrogen and oxygen atoms in total. The van der Waals surface area contributed by atoms with Crippen LogP contribution in [0, 0.1) is 5.92 Å². The molecule has 0 fully saturated rings. The molecular weight excluding hydrogens is 348 g/mol. The molecule has 2 aromatic heterocycles. The van der Waals surface area contributed by atoms with E-state index in [0.717, 1.165) is 12.1 Å². The Morgan fingerprint density at radius 2 is 1.96 bits per heavy atom. The highest BCUT2D eigenvalue weighted by atomic mass is 16.5. The van der Waals surface area contributed by atoms with Crippen molar-refractivity contribution in [3.63, 3.8) is 0 Å². The van der Waals surface area contributed by atoms with Gasteiger partial charge in [0.25, 0.3) is 0 Å². The first-order chi connectivity index (χ1) is 12.8. The number of rotatable bonds is 8. The van der Waals surface area contributed by atoms with Crippen molar-refractivity contribution in [2.24, 2.45) is 13.0 Å². The Morgan fingerprint density at radius 3 is 2.56 bits per heavy atom. The van der Waals surface area contributed by atoms with E-state index in [1.807, 2.05) is 6.07 Å². The lowest BCUT2D eigenvalue weighted by atomic mass is 10.1. The van der Waals surface area contributed by atoms with Gasteiger partial charge in [-0.3, -0.25) is 4.79 Å². The van der Waals surface area contributed by atoms with Crippen molar-refractivity contribution in [3.05, 3.63) is 18.0 Å². The zero-order chi connectivity index (χ0) is 20.1. The van der Waals surface area contributed by atoms with Crippen LogP contribution in [0.4, 0.5) is 11.4 Å². The normalized spacial score (nSPS) is 12.3. The lowest BCUT2D eigenvalue weighted by Gasteiger charge is -2.17. The number of ether oxygens (including phenoxy) is 2. The molecule has 1 atom stereocenters. The summed E-state index contributed by atoms with van der Waals surface area (Å²) in [6, 6.07) is 2.15. The molecule has 2 aromatic rings. The number of hydrogen-bond acceptors (Lipinski definition) is 6. The van der Waals surface area contributed by atoms with Crippen molar-refractivity contribution in [2.45, 2.75) is 33.2 Å². The minimum absolute atomic E-state index is 0.117. The SMILES string of the molecule is COCC(=O)Nc1c(C(=O)OC)n(C)c2ncc(N[C@H](C)CC(C)C)cc12. The van der Waals surface area contributed by atoms with E-state index in [0.29, 0.717) is 22.6 Å². The summed E-state index contributed by atoms with van der Waals surface area (Å²) in [6.07, 6.45) is 2.73. The number of carbonyl (C=O) groups is 2. The van der Waals surface area contributed by atoms with E-state index in [-0.39, 0.29) is 24.2 Å². The van der Waals surface area contributed by atoms with Crippen molar-refractivity contribution in [1.29, 1.82) is 0 Å². The van der Waals surface area contributed by atoms with E-state index >= 15 is 0 Å². The van der Waals surface area contributed by atoms with Gasteiger partial charge in [0.1, 0.15) is 12.3 Å². The van der Waals surface area contributed by atoms with E-state index < -0.39 is 5.97 Å². The molecule has 0 aliphatic rings. The van der Waals surface area contributed by atoms with Crippen molar-refractivity contribution < 1.29 is 19.1 Å². The van der Waals surface area contributed by atoms with Crippen LogP contribution in [0.25, 0.3) is 11.0 Å². The quantitative estimate of drug-likeness (QED) is 0.688. The van der Waals surface area contributed by atoms with Gasteiger partial charge in [-0.05, 0) is 25.3 Å². The monoisotopic (exact) mass is 376 g/mol. The van der Waals surface area contributed by atoms with Gasteiger partial charge in [-0.15, -0.1) is 0 Å². The fourth-order valence-corrected chi connectivity index (χ4v) is 3.21. The van der Waals surface area contributed by atoms with Gasteiger partial charge in [0.15, 0.2) is 5.69 Å². The number of esters is 1. The van der Waals surface area contributed by atoms with Crippen LogP contribution in [-0.4, -0.2) is 48.3 Å². The maximum atomic E-state index is 12.3. The highest BCUT2D eigenvalue weighted by Crippen LogP contribution is 2.32. The fourth-order valence-electron chi connectivity index (χ4n) is 3.21. The molecule has 0 unspecified atom stereocenters. The zero-order valence-electron chi connectivity index (χ0n) is 16.8. The fraction of sp³-hybridized carbons (Fsp3) is 0.526. The summed E-state index contributed by atoms with van der Waals surface area (Å²) in [6.45, 7) is 6.33. The van der Waals surface area contributed by atoms with E-state index in [1.165, 1.54) is 14.2 Å². The van der Waals surface area contributed by atoms with Gasteiger partial charge >= 0.3 is 5.97 Å². The molecular formula is C19H28N4O4. The number of pyridine rings is 1. The molecule has 1 amide bonds. The third-order valence-corrected chi connectivity index (χ3v) is 4.18. The van der Waals surface area contributed by atoms with Crippen molar-refractivity contribution in [1.82, 2.24) is 9.55 Å². The summed E-state index contributed by atoms with van der Waals surface area (Å²) >= 11 is 0. The number of nitrogens with one attached hydrogen (secondary N) is 2. The van der Waals surface area contributed by atoms with E-state index in [9.17, 15) is 9.59 Å². The van der Waals surface area contributed by atoms with Crippen molar-refractivity contribution >= 4 is 34.3 Å². The second-order valence-electron chi connectivity index (χ2n) is 7.03. The number of amides is 1. The minimum Gasteiger partial charge on any atom is -0.464 e. The molecule has 2 N–H and O–H groups in total. The van der Waals surface area contributed by atoms with E-state index in [4.69, 9.17) is 9.47 Å². The maximum Gasteiger partial charge on any atom is 0.356 e. The molecule has 2 rings (SSSR count). The van der Waals surface area contributed by atoms with Gasteiger partial charge < -0.3 is 24.7 Å². The van der Waals surface area contributed by atoms with Gasteiger partial charge in [-0.2, -0.15) is 0 Å². The Balaban J connectivity index is 2.50. The number of anilines is 2. The third kappa shape index (κ3) is 4.77. The first-order valence-electron chi connectivity index (χ1n) is 8.90. The Hall–Kier alpha value is -2.61. The summed E-state index contributed by atoms with van der Waals surface area (Å²) in [5.41, 5.74) is 2.00. The third-order valence-electron chi connectivity index (χ3n) is 4.18. The predicted molar refractivity (Wildman–Crippen MR) is 105 cm³/mol. The number of carbonyl (C=O) groups excluding carboxylic acids is 2. The number of aryl methyl sites for hydroxylation is 1. The first kappa shape index (κ1) is 20.7. The second kappa shape index (κ2) is 8.85. The minimum atomic E-state index is -0.550. The molecule has 27 heavy (non-hydrogen) atoms. The second-order valence-corrected chi connectivity index (χ2v) is 7.03. The Bertz CT molecular complexity index is 829. The average molecular weight is 376 g/mol.